The number of nitrogen functional groups attached to an aromatic ring is 1. The van der Waals surface area contributed by atoms with Crippen LogP contribution in [0.3, 0.4) is 0 Å². The Hall–Kier alpha value is -2.38. The summed E-state index contributed by atoms with van der Waals surface area (Å²) in [6, 6.07) is 0. The Morgan fingerprint density at radius 2 is 2.35 bits per heavy atom. The Balaban J connectivity index is 1.81. The van der Waals surface area contributed by atoms with Crippen molar-refractivity contribution < 1.29 is 4.79 Å². The zero-order valence-corrected chi connectivity index (χ0v) is 9.00. The van der Waals surface area contributed by atoms with Gasteiger partial charge in [-0.15, -0.1) is 5.10 Å². The number of imidazole rings is 1. The number of nitrogens with zero attached hydrogens (tertiary/aromatic N) is 5. The highest BCUT2D eigenvalue weighted by Crippen LogP contribution is 2.12. The van der Waals surface area contributed by atoms with Crippen LogP contribution in [-0.4, -0.2) is 42.1 Å². The van der Waals surface area contributed by atoms with E-state index >= 15 is 0 Å². The molecule has 1 aliphatic rings. The van der Waals surface area contributed by atoms with Gasteiger partial charge < -0.3 is 15.2 Å². The van der Waals surface area contributed by atoms with Gasteiger partial charge in [-0.25, -0.2) is 4.98 Å². The number of fused-ring (bicyclic) bond motifs is 1. The van der Waals surface area contributed by atoms with Crippen molar-refractivity contribution in [3.8, 4) is 0 Å². The summed E-state index contributed by atoms with van der Waals surface area (Å²) in [7, 11) is 0. The van der Waals surface area contributed by atoms with Crippen LogP contribution >= 0.6 is 0 Å². The van der Waals surface area contributed by atoms with E-state index in [2.05, 4.69) is 20.2 Å². The average molecular weight is 233 g/mol. The summed E-state index contributed by atoms with van der Waals surface area (Å²) in [5.41, 5.74) is 5.37. The molecule has 1 amide bonds. The molecule has 2 aromatic heterocycles. The van der Waals surface area contributed by atoms with E-state index in [0.717, 1.165) is 12.4 Å². The predicted molar refractivity (Wildman–Crippen MR) is 57.8 cm³/mol. The highest BCUT2D eigenvalue weighted by Gasteiger charge is 2.24. The van der Waals surface area contributed by atoms with E-state index in [1.54, 1.807) is 11.1 Å². The van der Waals surface area contributed by atoms with Crippen LogP contribution in [0.15, 0.2) is 12.4 Å². The maximum absolute atomic E-state index is 12.0. The first-order valence-corrected chi connectivity index (χ1v) is 5.21. The lowest BCUT2D eigenvalue weighted by atomic mass is 10.3. The number of nitrogens with one attached hydrogen (secondary N) is 1. The number of carbonyl (C=O) groups is 1. The molecular formula is C9H11N7O. The number of H-pyrrole nitrogens is 1. The average Bonchev–Trinajstić information content (AvgIpc) is 2.95. The third-order valence-electron chi connectivity index (χ3n) is 2.74. The van der Waals surface area contributed by atoms with Crippen molar-refractivity contribution in [2.45, 2.75) is 13.1 Å². The van der Waals surface area contributed by atoms with Gasteiger partial charge in [0.05, 0.1) is 6.54 Å². The van der Waals surface area contributed by atoms with Gasteiger partial charge in [0.1, 0.15) is 5.82 Å². The summed E-state index contributed by atoms with van der Waals surface area (Å²) in [6.45, 7) is 1.85. The molecule has 0 unspecified atom stereocenters. The first-order valence-electron chi connectivity index (χ1n) is 5.21. The van der Waals surface area contributed by atoms with Gasteiger partial charge in [0.15, 0.2) is 0 Å². The Bertz CT molecular complexity index is 557. The summed E-state index contributed by atoms with van der Waals surface area (Å²) >= 11 is 0. The first-order chi connectivity index (χ1) is 8.24. The number of aromatic amines is 1. The van der Waals surface area contributed by atoms with E-state index in [4.69, 9.17) is 5.73 Å². The van der Waals surface area contributed by atoms with Crippen molar-refractivity contribution in [1.29, 1.82) is 0 Å². The Labute approximate surface area is 96.5 Å². The number of amides is 1. The number of hydrogen-bond acceptors (Lipinski definition) is 5. The van der Waals surface area contributed by atoms with Crippen LogP contribution < -0.4 is 5.73 Å². The van der Waals surface area contributed by atoms with Crippen molar-refractivity contribution in [1.82, 2.24) is 29.6 Å². The van der Waals surface area contributed by atoms with Gasteiger partial charge in [0.25, 0.3) is 5.91 Å². The summed E-state index contributed by atoms with van der Waals surface area (Å²) in [5, 5.41) is 6.16. The van der Waals surface area contributed by atoms with Crippen molar-refractivity contribution in [3.63, 3.8) is 0 Å². The molecule has 17 heavy (non-hydrogen) atoms. The molecule has 3 N–H and O–H groups in total. The molecule has 0 saturated carbocycles. The highest BCUT2D eigenvalue weighted by atomic mass is 16.2. The van der Waals surface area contributed by atoms with Gasteiger partial charge in [-0.3, -0.25) is 9.89 Å². The normalized spacial score (nSPS) is 14.7. The quantitative estimate of drug-likeness (QED) is 0.673. The predicted octanol–water partition coefficient (Wildman–Crippen LogP) is -0.761. The minimum Gasteiger partial charge on any atom is -0.366 e. The molecule has 0 bridgehead atoms. The van der Waals surface area contributed by atoms with Gasteiger partial charge in [0.2, 0.25) is 11.8 Å². The third-order valence-corrected chi connectivity index (χ3v) is 2.74. The first kappa shape index (κ1) is 9.82. The fourth-order valence-corrected chi connectivity index (χ4v) is 1.87. The lowest BCUT2D eigenvalue weighted by Gasteiger charge is -2.26. The highest BCUT2D eigenvalue weighted by molar-refractivity contribution is 5.90. The van der Waals surface area contributed by atoms with Crippen LogP contribution in [0.2, 0.25) is 0 Å². The molecule has 2 aromatic rings. The van der Waals surface area contributed by atoms with Crippen molar-refractivity contribution >= 4 is 11.9 Å². The molecule has 0 radical (unpaired) electrons. The SMILES string of the molecule is Nc1n[nH]c(C(=O)N2CCn3ccnc3C2)n1. The van der Waals surface area contributed by atoms with Gasteiger partial charge in [-0.05, 0) is 0 Å². The Morgan fingerprint density at radius 3 is 3.12 bits per heavy atom. The number of carbonyl (C=O) groups excluding carboxylic acids is 1. The summed E-state index contributed by atoms with van der Waals surface area (Å²) < 4.78 is 2.03. The number of hydrogen-bond donors (Lipinski definition) is 2. The van der Waals surface area contributed by atoms with Crippen LogP contribution in [0.1, 0.15) is 16.4 Å². The minimum atomic E-state index is -0.205. The maximum Gasteiger partial charge on any atom is 0.291 e. The molecule has 8 nitrogen and oxygen atoms in total. The molecule has 0 saturated heterocycles. The van der Waals surface area contributed by atoms with Crippen molar-refractivity contribution in [2.24, 2.45) is 0 Å². The standard InChI is InChI=1S/C9H11N7O/c10-9-12-7(13-14-9)8(17)16-4-3-15-2-1-11-6(15)5-16/h1-2H,3-5H2,(H3,10,12,13,14). The van der Waals surface area contributed by atoms with E-state index in [-0.39, 0.29) is 17.7 Å². The summed E-state index contributed by atoms with van der Waals surface area (Å²) in [5.74, 6) is 0.912. The third kappa shape index (κ3) is 1.63. The second-order valence-electron chi connectivity index (χ2n) is 3.81. The second-order valence-corrected chi connectivity index (χ2v) is 3.81. The van der Waals surface area contributed by atoms with Gasteiger partial charge in [-0.2, -0.15) is 4.98 Å². The zero-order chi connectivity index (χ0) is 11.8. The van der Waals surface area contributed by atoms with Gasteiger partial charge in [-0.1, -0.05) is 0 Å². The fraction of sp³-hybridized carbons (Fsp3) is 0.333. The van der Waals surface area contributed by atoms with Crippen LogP contribution in [0, 0.1) is 0 Å². The topological polar surface area (TPSA) is 106 Å². The number of nitrogens with two attached hydrogens (primary N) is 1. The Kier molecular flexibility index (Phi) is 2.07. The van der Waals surface area contributed by atoms with Crippen LogP contribution in [0.25, 0.3) is 0 Å². The van der Waals surface area contributed by atoms with Crippen LogP contribution in [-0.2, 0) is 13.1 Å². The van der Waals surface area contributed by atoms with E-state index in [1.165, 1.54) is 0 Å². The molecular weight excluding hydrogens is 222 g/mol. The fourth-order valence-electron chi connectivity index (χ4n) is 1.87. The van der Waals surface area contributed by atoms with Crippen molar-refractivity contribution in [2.75, 3.05) is 12.3 Å². The molecule has 8 heteroatoms. The van der Waals surface area contributed by atoms with E-state index in [1.807, 2.05) is 10.8 Å². The van der Waals surface area contributed by atoms with E-state index < -0.39 is 0 Å². The molecule has 0 aliphatic carbocycles. The molecule has 0 aromatic carbocycles. The molecule has 0 spiro atoms. The smallest absolute Gasteiger partial charge is 0.291 e. The van der Waals surface area contributed by atoms with Gasteiger partial charge in [0, 0.05) is 25.5 Å². The number of rotatable bonds is 1. The monoisotopic (exact) mass is 233 g/mol. The van der Waals surface area contributed by atoms with Crippen LogP contribution in [0.4, 0.5) is 5.95 Å². The molecule has 1 aliphatic heterocycles. The van der Waals surface area contributed by atoms with Gasteiger partial charge >= 0.3 is 0 Å². The van der Waals surface area contributed by atoms with E-state index in [0.29, 0.717) is 13.1 Å². The van der Waals surface area contributed by atoms with E-state index in [9.17, 15) is 4.79 Å². The number of anilines is 1. The maximum atomic E-state index is 12.0. The number of aromatic nitrogens is 5. The van der Waals surface area contributed by atoms with Crippen molar-refractivity contribution in [3.05, 3.63) is 24.0 Å². The molecule has 0 fully saturated rings. The second kappa shape index (κ2) is 3.58. The minimum absolute atomic E-state index is 0.0758. The zero-order valence-electron chi connectivity index (χ0n) is 9.00. The molecule has 3 rings (SSSR count). The van der Waals surface area contributed by atoms with Crippen LogP contribution in [0.5, 0.6) is 0 Å². The molecule has 3 heterocycles. The summed E-state index contributed by atoms with van der Waals surface area (Å²) in [6.07, 6.45) is 3.64. The molecule has 88 valence electrons. The lowest BCUT2D eigenvalue weighted by Crippen LogP contribution is -2.38. The molecule has 0 atom stereocenters. The Morgan fingerprint density at radius 1 is 1.47 bits per heavy atom. The largest absolute Gasteiger partial charge is 0.366 e. The summed E-state index contributed by atoms with van der Waals surface area (Å²) in [4.78, 5) is 21.7. The lowest BCUT2D eigenvalue weighted by molar-refractivity contribution is 0.0695.